The van der Waals surface area contributed by atoms with Crippen LogP contribution in [0.25, 0.3) is 0 Å². The number of nitrogens with zero attached hydrogens (tertiary/aromatic N) is 2. The fourth-order valence-corrected chi connectivity index (χ4v) is 2.76. The van der Waals surface area contributed by atoms with Crippen LogP contribution < -0.4 is 5.32 Å². The molecule has 2 rings (SSSR count). The van der Waals surface area contributed by atoms with E-state index in [2.05, 4.69) is 30.3 Å². The Bertz CT molecular complexity index is 356. The first kappa shape index (κ1) is 12.6. The molecular weight excluding hydrogens is 210 g/mol. The first-order chi connectivity index (χ1) is 8.20. The Balaban J connectivity index is 1.90. The zero-order chi connectivity index (χ0) is 12.3. The van der Waals surface area contributed by atoms with Gasteiger partial charge < -0.3 is 5.32 Å². The van der Waals surface area contributed by atoms with Gasteiger partial charge in [0.25, 0.3) is 0 Å². The molecule has 1 heterocycles. The zero-order valence-corrected chi connectivity index (χ0v) is 11.4. The van der Waals surface area contributed by atoms with Crippen molar-refractivity contribution >= 4 is 0 Å². The van der Waals surface area contributed by atoms with Crippen LogP contribution in [0.4, 0.5) is 0 Å². The molecule has 0 aromatic carbocycles. The molecule has 0 saturated heterocycles. The van der Waals surface area contributed by atoms with Crippen LogP contribution in [0.1, 0.15) is 50.9 Å². The Morgan fingerprint density at radius 1 is 1.41 bits per heavy atom. The smallest absolute Gasteiger partial charge is 0.0625 e. The molecule has 17 heavy (non-hydrogen) atoms. The van der Waals surface area contributed by atoms with Gasteiger partial charge in [0.15, 0.2) is 0 Å². The third-order valence-corrected chi connectivity index (χ3v) is 4.05. The van der Waals surface area contributed by atoms with Gasteiger partial charge in [0.2, 0.25) is 0 Å². The SMILES string of the molecule is CCc1cc(CNC2CCCCC2C)n(C)n1. The molecule has 3 nitrogen and oxygen atoms in total. The molecule has 1 fully saturated rings. The molecular formula is C14H25N3. The summed E-state index contributed by atoms with van der Waals surface area (Å²) in [4.78, 5) is 0. The van der Waals surface area contributed by atoms with E-state index in [0.29, 0.717) is 6.04 Å². The fraction of sp³-hybridized carbons (Fsp3) is 0.786. The van der Waals surface area contributed by atoms with Crippen molar-refractivity contribution in [3.05, 3.63) is 17.5 Å². The van der Waals surface area contributed by atoms with Crippen molar-refractivity contribution in [2.45, 2.75) is 58.5 Å². The highest BCUT2D eigenvalue weighted by Crippen LogP contribution is 2.23. The molecule has 0 bridgehead atoms. The van der Waals surface area contributed by atoms with Crippen molar-refractivity contribution in [1.82, 2.24) is 15.1 Å². The molecule has 0 spiro atoms. The van der Waals surface area contributed by atoms with Crippen molar-refractivity contribution in [2.24, 2.45) is 13.0 Å². The number of aryl methyl sites for hydroxylation is 2. The Morgan fingerprint density at radius 2 is 2.18 bits per heavy atom. The molecule has 0 amide bonds. The molecule has 1 aromatic rings. The number of hydrogen-bond donors (Lipinski definition) is 1. The third-order valence-electron chi connectivity index (χ3n) is 4.05. The molecule has 96 valence electrons. The lowest BCUT2D eigenvalue weighted by Crippen LogP contribution is -2.37. The predicted molar refractivity (Wildman–Crippen MR) is 70.8 cm³/mol. The van der Waals surface area contributed by atoms with Crippen molar-refractivity contribution < 1.29 is 0 Å². The van der Waals surface area contributed by atoms with Crippen molar-refractivity contribution in [3.8, 4) is 0 Å². The molecule has 2 unspecified atom stereocenters. The van der Waals surface area contributed by atoms with Gasteiger partial charge in [-0.05, 0) is 31.2 Å². The lowest BCUT2D eigenvalue weighted by molar-refractivity contribution is 0.277. The second-order valence-corrected chi connectivity index (χ2v) is 5.35. The van der Waals surface area contributed by atoms with Crippen LogP contribution >= 0.6 is 0 Å². The normalized spacial score (nSPS) is 25.1. The number of nitrogens with one attached hydrogen (secondary N) is 1. The maximum atomic E-state index is 4.49. The average molecular weight is 235 g/mol. The van der Waals surface area contributed by atoms with E-state index in [4.69, 9.17) is 0 Å². The van der Waals surface area contributed by atoms with Crippen LogP contribution in [0, 0.1) is 5.92 Å². The first-order valence-electron chi connectivity index (χ1n) is 6.96. The van der Waals surface area contributed by atoms with Crippen molar-refractivity contribution in [1.29, 1.82) is 0 Å². The van der Waals surface area contributed by atoms with Gasteiger partial charge in [-0.25, -0.2) is 0 Å². The summed E-state index contributed by atoms with van der Waals surface area (Å²) in [5.74, 6) is 0.822. The van der Waals surface area contributed by atoms with Gasteiger partial charge in [0.1, 0.15) is 0 Å². The Labute approximate surface area is 105 Å². The van der Waals surface area contributed by atoms with Crippen LogP contribution in [-0.2, 0) is 20.0 Å². The lowest BCUT2D eigenvalue weighted by Gasteiger charge is -2.29. The van der Waals surface area contributed by atoms with E-state index < -0.39 is 0 Å². The summed E-state index contributed by atoms with van der Waals surface area (Å²) >= 11 is 0. The summed E-state index contributed by atoms with van der Waals surface area (Å²) in [6.07, 6.45) is 6.52. The van der Waals surface area contributed by atoms with Crippen LogP contribution in [0.15, 0.2) is 6.07 Å². The monoisotopic (exact) mass is 235 g/mol. The van der Waals surface area contributed by atoms with E-state index in [1.54, 1.807) is 0 Å². The minimum absolute atomic E-state index is 0.698. The van der Waals surface area contributed by atoms with E-state index in [-0.39, 0.29) is 0 Å². The summed E-state index contributed by atoms with van der Waals surface area (Å²) in [7, 11) is 2.04. The molecule has 1 aliphatic carbocycles. The predicted octanol–water partition coefficient (Wildman–Crippen LogP) is 2.65. The van der Waals surface area contributed by atoms with E-state index in [9.17, 15) is 0 Å². The van der Waals surface area contributed by atoms with E-state index in [1.165, 1.54) is 37.1 Å². The maximum absolute atomic E-state index is 4.49. The summed E-state index contributed by atoms with van der Waals surface area (Å²) in [5, 5.41) is 8.19. The highest BCUT2D eigenvalue weighted by molar-refractivity contribution is 5.10. The summed E-state index contributed by atoms with van der Waals surface area (Å²) in [5.41, 5.74) is 2.50. The van der Waals surface area contributed by atoms with Crippen molar-refractivity contribution in [3.63, 3.8) is 0 Å². The molecule has 0 radical (unpaired) electrons. The van der Waals surface area contributed by atoms with Gasteiger partial charge in [-0.2, -0.15) is 5.10 Å². The Morgan fingerprint density at radius 3 is 2.82 bits per heavy atom. The van der Waals surface area contributed by atoms with Gasteiger partial charge in [0, 0.05) is 19.6 Å². The van der Waals surface area contributed by atoms with Gasteiger partial charge >= 0.3 is 0 Å². The molecule has 2 atom stereocenters. The molecule has 1 N–H and O–H groups in total. The minimum Gasteiger partial charge on any atom is -0.308 e. The highest BCUT2D eigenvalue weighted by Gasteiger charge is 2.20. The molecule has 1 aliphatic rings. The highest BCUT2D eigenvalue weighted by atomic mass is 15.3. The number of hydrogen-bond acceptors (Lipinski definition) is 2. The minimum atomic E-state index is 0.698. The van der Waals surface area contributed by atoms with Crippen LogP contribution in [-0.4, -0.2) is 15.8 Å². The second kappa shape index (κ2) is 5.67. The van der Waals surface area contributed by atoms with Crippen LogP contribution in [0.3, 0.4) is 0 Å². The average Bonchev–Trinajstić information content (AvgIpc) is 2.69. The maximum Gasteiger partial charge on any atom is 0.0625 e. The standard InChI is InChI=1S/C14H25N3/c1-4-12-9-13(17(3)16-12)10-15-14-8-6-5-7-11(14)2/h9,11,14-15H,4-8,10H2,1-3H3. The van der Waals surface area contributed by atoms with Gasteiger partial charge in [-0.3, -0.25) is 4.68 Å². The largest absolute Gasteiger partial charge is 0.308 e. The molecule has 1 saturated carbocycles. The first-order valence-corrected chi connectivity index (χ1v) is 6.96. The molecule has 1 aromatic heterocycles. The fourth-order valence-electron chi connectivity index (χ4n) is 2.76. The Kier molecular flexibility index (Phi) is 4.21. The van der Waals surface area contributed by atoms with E-state index in [1.807, 2.05) is 11.7 Å². The van der Waals surface area contributed by atoms with Gasteiger partial charge in [-0.15, -0.1) is 0 Å². The van der Waals surface area contributed by atoms with E-state index in [0.717, 1.165) is 18.9 Å². The topological polar surface area (TPSA) is 29.9 Å². The third kappa shape index (κ3) is 3.09. The van der Waals surface area contributed by atoms with Crippen molar-refractivity contribution in [2.75, 3.05) is 0 Å². The summed E-state index contributed by atoms with van der Waals surface area (Å²) in [6.45, 7) is 5.48. The molecule has 0 aliphatic heterocycles. The number of aromatic nitrogens is 2. The van der Waals surface area contributed by atoms with E-state index >= 15 is 0 Å². The van der Waals surface area contributed by atoms with Gasteiger partial charge in [0.05, 0.1) is 11.4 Å². The molecule has 3 heteroatoms. The number of rotatable bonds is 4. The summed E-state index contributed by atoms with van der Waals surface area (Å²) in [6, 6.07) is 2.92. The summed E-state index contributed by atoms with van der Waals surface area (Å²) < 4.78 is 2.01. The quantitative estimate of drug-likeness (QED) is 0.869. The van der Waals surface area contributed by atoms with Crippen LogP contribution in [0.5, 0.6) is 0 Å². The Hall–Kier alpha value is -0.830. The second-order valence-electron chi connectivity index (χ2n) is 5.35. The lowest BCUT2D eigenvalue weighted by atomic mass is 9.86. The van der Waals surface area contributed by atoms with Gasteiger partial charge in [-0.1, -0.05) is 26.7 Å². The van der Waals surface area contributed by atoms with Crippen LogP contribution in [0.2, 0.25) is 0 Å². The zero-order valence-electron chi connectivity index (χ0n) is 11.4.